The predicted octanol–water partition coefficient (Wildman–Crippen LogP) is 13.8. The average Bonchev–Trinajstić information content (AvgIpc) is 3.55. The molecule has 0 bridgehead atoms. The standard InChI is InChI=1S/C50H33N/c1-3-14-36(15-4-1)40-23-13-24-46-41-18-11-12-25-47(41)51(50(40)46)39-32-30-35(31-33-39)34-26-28-38(29-27-34)49-44-21-9-7-19-42(44)48(37-16-5-2-6-17-37)43-20-8-10-22-45(43)49/h1-33H. The Morgan fingerprint density at radius 2 is 0.667 bits per heavy atom. The number of hydrogen-bond acceptors (Lipinski definition) is 0. The fourth-order valence-electron chi connectivity index (χ4n) is 8.12. The molecule has 9 aromatic carbocycles. The zero-order chi connectivity index (χ0) is 33.7. The summed E-state index contributed by atoms with van der Waals surface area (Å²) in [5.74, 6) is 0. The summed E-state index contributed by atoms with van der Waals surface area (Å²) in [5.41, 5.74) is 13.5. The Hall–Kier alpha value is -6.70. The van der Waals surface area contributed by atoms with Crippen LogP contribution in [0, 0.1) is 0 Å². The van der Waals surface area contributed by atoms with Crippen molar-refractivity contribution in [1.82, 2.24) is 4.57 Å². The minimum Gasteiger partial charge on any atom is -0.309 e. The smallest absolute Gasteiger partial charge is 0.0619 e. The number of rotatable bonds is 5. The molecule has 51 heavy (non-hydrogen) atoms. The molecule has 0 saturated carbocycles. The van der Waals surface area contributed by atoms with E-state index < -0.39 is 0 Å². The monoisotopic (exact) mass is 647 g/mol. The maximum absolute atomic E-state index is 2.43. The van der Waals surface area contributed by atoms with Gasteiger partial charge >= 0.3 is 0 Å². The van der Waals surface area contributed by atoms with E-state index in [2.05, 4.69) is 205 Å². The molecular formula is C50H33N. The number of para-hydroxylation sites is 2. The van der Waals surface area contributed by atoms with E-state index in [0.29, 0.717) is 0 Å². The molecule has 1 heterocycles. The van der Waals surface area contributed by atoms with Crippen LogP contribution in [0.25, 0.3) is 93.5 Å². The third-order valence-electron chi connectivity index (χ3n) is 10.4. The van der Waals surface area contributed by atoms with Gasteiger partial charge in [0.15, 0.2) is 0 Å². The van der Waals surface area contributed by atoms with E-state index in [-0.39, 0.29) is 0 Å². The van der Waals surface area contributed by atoms with Gasteiger partial charge in [-0.2, -0.15) is 0 Å². The third kappa shape index (κ3) is 4.78. The highest BCUT2D eigenvalue weighted by molar-refractivity contribution is 6.21. The normalized spacial score (nSPS) is 11.5. The molecule has 0 N–H and O–H groups in total. The van der Waals surface area contributed by atoms with Crippen molar-refractivity contribution < 1.29 is 0 Å². The lowest BCUT2D eigenvalue weighted by atomic mass is 9.86. The van der Waals surface area contributed by atoms with E-state index in [0.717, 1.165) is 5.69 Å². The van der Waals surface area contributed by atoms with Crippen molar-refractivity contribution in [2.45, 2.75) is 0 Å². The molecule has 10 rings (SSSR count). The van der Waals surface area contributed by atoms with Gasteiger partial charge in [0.2, 0.25) is 0 Å². The highest BCUT2D eigenvalue weighted by atomic mass is 15.0. The Morgan fingerprint density at radius 3 is 1.24 bits per heavy atom. The molecule has 0 unspecified atom stereocenters. The van der Waals surface area contributed by atoms with Crippen molar-refractivity contribution in [2.24, 2.45) is 0 Å². The lowest BCUT2D eigenvalue weighted by molar-refractivity contribution is 1.18. The molecule has 1 heteroatoms. The Morgan fingerprint density at radius 1 is 0.255 bits per heavy atom. The van der Waals surface area contributed by atoms with Gasteiger partial charge in [-0.3, -0.25) is 0 Å². The SMILES string of the molecule is c1ccc(-c2c3ccccc3c(-c3ccc(-c4ccc(-n5c6ccccc6c6cccc(-c7ccccc7)c65)cc4)cc3)c3ccccc23)cc1. The average molecular weight is 648 g/mol. The lowest BCUT2D eigenvalue weighted by Crippen LogP contribution is -1.95. The summed E-state index contributed by atoms with van der Waals surface area (Å²) in [5, 5.41) is 7.63. The quantitative estimate of drug-likeness (QED) is 0.164. The largest absolute Gasteiger partial charge is 0.309 e. The molecule has 0 amide bonds. The van der Waals surface area contributed by atoms with Crippen molar-refractivity contribution in [3.05, 3.63) is 200 Å². The minimum absolute atomic E-state index is 1.15. The summed E-state index contributed by atoms with van der Waals surface area (Å²) in [6, 6.07) is 72.8. The molecule has 0 atom stereocenters. The van der Waals surface area contributed by atoms with Gasteiger partial charge in [0, 0.05) is 22.0 Å². The summed E-state index contributed by atoms with van der Waals surface area (Å²) in [7, 11) is 0. The van der Waals surface area contributed by atoms with Crippen LogP contribution in [0.5, 0.6) is 0 Å². The topological polar surface area (TPSA) is 4.93 Å². The molecule has 238 valence electrons. The molecule has 10 aromatic rings. The first-order chi connectivity index (χ1) is 25.3. The third-order valence-corrected chi connectivity index (χ3v) is 10.4. The molecule has 0 aliphatic carbocycles. The molecule has 0 aliphatic heterocycles. The first-order valence-electron chi connectivity index (χ1n) is 17.6. The second-order valence-corrected chi connectivity index (χ2v) is 13.3. The van der Waals surface area contributed by atoms with E-state index in [9.17, 15) is 0 Å². The van der Waals surface area contributed by atoms with E-state index in [4.69, 9.17) is 0 Å². The molecule has 0 saturated heterocycles. The molecule has 0 fully saturated rings. The first-order valence-corrected chi connectivity index (χ1v) is 17.6. The second kappa shape index (κ2) is 12.0. The van der Waals surface area contributed by atoms with Crippen LogP contribution in [0.1, 0.15) is 0 Å². The maximum Gasteiger partial charge on any atom is 0.0619 e. The number of fused-ring (bicyclic) bond motifs is 5. The van der Waals surface area contributed by atoms with Gasteiger partial charge < -0.3 is 4.57 Å². The van der Waals surface area contributed by atoms with Crippen LogP contribution in [-0.2, 0) is 0 Å². The van der Waals surface area contributed by atoms with E-state index >= 15 is 0 Å². The summed E-state index contributed by atoms with van der Waals surface area (Å²) in [6.07, 6.45) is 0. The summed E-state index contributed by atoms with van der Waals surface area (Å²) >= 11 is 0. The van der Waals surface area contributed by atoms with Crippen LogP contribution in [0.3, 0.4) is 0 Å². The molecule has 0 radical (unpaired) electrons. The zero-order valence-corrected chi connectivity index (χ0v) is 28.0. The Kier molecular flexibility index (Phi) is 6.89. The van der Waals surface area contributed by atoms with Crippen molar-refractivity contribution in [2.75, 3.05) is 0 Å². The number of hydrogen-bond donors (Lipinski definition) is 0. The molecule has 0 aliphatic rings. The Balaban J connectivity index is 1.07. The fraction of sp³-hybridized carbons (Fsp3) is 0. The Bertz CT molecular complexity index is 2800. The van der Waals surface area contributed by atoms with Crippen LogP contribution in [0.4, 0.5) is 0 Å². The van der Waals surface area contributed by atoms with E-state index in [1.165, 1.54) is 87.9 Å². The summed E-state index contributed by atoms with van der Waals surface area (Å²) in [4.78, 5) is 0. The van der Waals surface area contributed by atoms with Crippen molar-refractivity contribution in [3.8, 4) is 50.2 Å². The van der Waals surface area contributed by atoms with Gasteiger partial charge in [-0.25, -0.2) is 0 Å². The number of benzene rings is 9. The highest BCUT2D eigenvalue weighted by Crippen LogP contribution is 2.44. The molecule has 1 nitrogen and oxygen atoms in total. The second-order valence-electron chi connectivity index (χ2n) is 13.3. The molecule has 0 spiro atoms. The van der Waals surface area contributed by atoms with Crippen LogP contribution >= 0.6 is 0 Å². The Labute approximate surface area is 297 Å². The lowest BCUT2D eigenvalue weighted by Gasteiger charge is -2.18. The van der Waals surface area contributed by atoms with Crippen LogP contribution < -0.4 is 0 Å². The number of aromatic nitrogens is 1. The predicted molar refractivity (Wildman–Crippen MR) is 218 cm³/mol. The van der Waals surface area contributed by atoms with Gasteiger partial charge in [0.1, 0.15) is 0 Å². The summed E-state index contributed by atoms with van der Waals surface area (Å²) < 4.78 is 2.43. The van der Waals surface area contributed by atoms with Gasteiger partial charge in [-0.15, -0.1) is 0 Å². The van der Waals surface area contributed by atoms with Crippen LogP contribution in [0.15, 0.2) is 200 Å². The van der Waals surface area contributed by atoms with Crippen molar-refractivity contribution in [1.29, 1.82) is 0 Å². The van der Waals surface area contributed by atoms with Crippen LogP contribution in [0.2, 0.25) is 0 Å². The first kappa shape index (κ1) is 29.2. The van der Waals surface area contributed by atoms with Gasteiger partial charge in [-0.05, 0) is 78.7 Å². The molecule has 1 aromatic heterocycles. The van der Waals surface area contributed by atoms with E-state index in [1.54, 1.807) is 0 Å². The number of nitrogens with zero attached hydrogens (tertiary/aromatic N) is 1. The van der Waals surface area contributed by atoms with Gasteiger partial charge in [0.25, 0.3) is 0 Å². The van der Waals surface area contributed by atoms with Crippen molar-refractivity contribution >= 4 is 43.4 Å². The maximum atomic E-state index is 2.43. The highest BCUT2D eigenvalue weighted by Gasteiger charge is 2.18. The van der Waals surface area contributed by atoms with Gasteiger partial charge in [-0.1, -0.05) is 182 Å². The minimum atomic E-state index is 1.15. The molecular weight excluding hydrogens is 615 g/mol. The van der Waals surface area contributed by atoms with Gasteiger partial charge in [0.05, 0.1) is 11.0 Å². The van der Waals surface area contributed by atoms with E-state index in [1.807, 2.05) is 0 Å². The van der Waals surface area contributed by atoms with Crippen LogP contribution in [-0.4, -0.2) is 4.57 Å². The zero-order valence-electron chi connectivity index (χ0n) is 28.0. The summed E-state index contributed by atoms with van der Waals surface area (Å²) in [6.45, 7) is 0. The van der Waals surface area contributed by atoms with Crippen molar-refractivity contribution in [3.63, 3.8) is 0 Å². The fourth-order valence-corrected chi connectivity index (χ4v) is 8.12.